The van der Waals surface area contributed by atoms with Crippen LogP contribution < -0.4 is 10.6 Å². The van der Waals surface area contributed by atoms with Gasteiger partial charge in [-0.1, -0.05) is 32.4 Å². The van der Waals surface area contributed by atoms with Gasteiger partial charge in [0.1, 0.15) is 0 Å². The molecule has 2 rings (SSSR count). The van der Waals surface area contributed by atoms with Gasteiger partial charge in [-0.15, -0.1) is 0 Å². The number of carbonyl (C=O) groups excluding carboxylic acids is 1. The summed E-state index contributed by atoms with van der Waals surface area (Å²) in [5.41, 5.74) is 1.98. The zero-order valence-corrected chi connectivity index (χ0v) is 14.7. The van der Waals surface area contributed by atoms with E-state index in [0.717, 1.165) is 18.5 Å². The van der Waals surface area contributed by atoms with Crippen LogP contribution in [-0.4, -0.2) is 32.5 Å². The maximum Gasteiger partial charge on any atom is 0.319 e. The molecule has 1 aromatic rings. The fourth-order valence-electron chi connectivity index (χ4n) is 2.97. The molecule has 5 nitrogen and oxygen atoms in total. The summed E-state index contributed by atoms with van der Waals surface area (Å²) >= 11 is 0. The highest BCUT2D eigenvalue weighted by atomic mass is 32.2. The van der Waals surface area contributed by atoms with Gasteiger partial charge in [-0.2, -0.15) is 0 Å². The number of benzene rings is 1. The van der Waals surface area contributed by atoms with Crippen molar-refractivity contribution in [1.29, 1.82) is 0 Å². The number of hydrogen-bond donors (Lipinski definition) is 2. The third-order valence-corrected chi connectivity index (χ3v) is 6.15. The first kappa shape index (κ1) is 17.8. The smallest absolute Gasteiger partial charge is 0.319 e. The molecule has 1 saturated heterocycles. The van der Waals surface area contributed by atoms with Crippen molar-refractivity contribution in [1.82, 2.24) is 5.32 Å². The van der Waals surface area contributed by atoms with Crippen LogP contribution in [0.1, 0.15) is 44.6 Å². The lowest BCUT2D eigenvalue weighted by Gasteiger charge is -2.14. The summed E-state index contributed by atoms with van der Waals surface area (Å²) in [5, 5.41) is 5.59. The Morgan fingerprint density at radius 2 is 2.17 bits per heavy atom. The van der Waals surface area contributed by atoms with Gasteiger partial charge in [-0.25, -0.2) is 13.2 Å². The Hall–Kier alpha value is -1.56. The highest BCUT2D eigenvalue weighted by Gasteiger charge is 2.27. The van der Waals surface area contributed by atoms with Crippen LogP contribution in [0.2, 0.25) is 0 Å². The fourth-order valence-corrected chi connectivity index (χ4v) is 4.83. The molecular weight excluding hydrogens is 312 g/mol. The first-order valence-corrected chi connectivity index (χ1v) is 10.1. The minimum atomic E-state index is -2.89. The summed E-state index contributed by atoms with van der Waals surface area (Å²) < 4.78 is 22.8. The summed E-state index contributed by atoms with van der Waals surface area (Å²) in [6.45, 7) is 4.75. The van der Waals surface area contributed by atoms with E-state index in [-0.39, 0.29) is 23.5 Å². The van der Waals surface area contributed by atoms with E-state index in [2.05, 4.69) is 30.5 Å². The monoisotopic (exact) mass is 338 g/mol. The molecule has 0 saturated carbocycles. The molecule has 0 spiro atoms. The van der Waals surface area contributed by atoms with Crippen molar-refractivity contribution in [2.75, 3.05) is 23.4 Å². The van der Waals surface area contributed by atoms with Crippen LogP contribution in [0.15, 0.2) is 24.3 Å². The Kier molecular flexibility index (Phi) is 6.04. The first-order valence-electron chi connectivity index (χ1n) is 8.25. The molecule has 1 aliphatic heterocycles. The van der Waals surface area contributed by atoms with Gasteiger partial charge in [0.2, 0.25) is 0 Å². The van der Waals surface area contributed by atoms with Gasteiger partial charge in [0, 0.05) is 12.2 Å². The van der Waals surface area contributed by atoms with Gasteiger partial charge in [0.15, 0.2) is 9.84 Å². The Labute approximate surface area is 138 Å². The van der Waals surface area contributed by atoms with Gasteiger partial charge in [-0.3, -0.25) is 0 Å². The van der Waals surface area contributed by atoms with Gasteiger partial charge < -0.3 is 10.6 Å². The Balaban J connectivity index is 1.84. The van der Waals surface area contributed by atoms with Crippen LogP contribution in [0, 0.1) is 5.92 Å². The largest absolute Gasteiger partial charge is 0.338 e. The molecule has 2 N–H and O–H groups in total. The molecule has 1 heterocycles. The number of hydrogen-bond acceptors (Lipinski definition) is 3. The molecule has 0 aromatic heterocycles. The Morgan fingerprint density at radius 3 is 2.83 bits per heavy atom. The van der Waals surface area contributed by atoms with E-state index in [9.17, 15) is 13.2 Å². The summed E-state index contributed by atoms with van der Waals surface area (Å²) in [4.78, 5) is 12.0. The Morgan fingerprint density at radius 1 is 1.39 bits per heavy atom. The van der Waals surface area contributed by atoms with Crippen molar-refractivity contribution in [2.45, 2.75) is 39.0 Å². The van der Waals surface area contributed by atoms with Crippen molar-refractivity contribution < 1.29 is 13.2 Å². The Bertz CT molecular complexity index is 643. The van der Waals surface area contributed by atoms with Gasteiger partial charge in [0.05, 0.1) is 11.5 Å². The SMILES string of the molecule is CCCC(C)c1cccc(NC(=O)NCC2CCS(=O)(=O)C2)c1. The molecule has 1 aromatic carbocycles. The average Bonchev–Trinajstić information content (AvgIpc) is 2.85. The molecular formula is C17H26N2O3S. The summed E-state index contributed by atoms with van der Waals surface area (Å²) in [5.74, 6) is 0.908. The van der Waals surface area contributed by atoms with Gasteiger partial charge in [0.25, 0.3) is 0 Å². The minimum Gasteiger partial charge on any atom is -0.338 e. The number of urea groups is 1. The van der Waals surface area contributed by atoms with Crippen molar-refractivity contribution >= 4 is 21.6 Å². The average molecular weight is 338 g/mol. The van der Waals surface area contributed by atoms with Crippen LogP contribution >= 0.6 is 0 Å². The molecule has 2 amide bonds. The third kappa shape index (κ3) is 5.53. The van der Waals surface area contributed by atoms with E-state index in [4.69, 9.17) is 0 Å². The first-order chi connectivity index (χ1) is 10.9. The molecule has 128 valence electrons. The second-order valence-electron chi connectivity index (χ2n) is 6.42. The lowest BCUT2D eigenvalue weighted by atomic mass is 9.96. The highest BCUT2D eigenvalue weighted by Crippen LogP contribution is 2.23. The molecule has 23 heavy (non-hydrogen) atoms. The second-order valence-corrected chi connectivity index (χ2v) is 8.65. The summed E-state index contributed by atoms with van der Waals surface area (Å²) in [6.07, 6.45) is 2.88. The van der Waals surface area contributed by atoms with E-state index in [1.165, 1.54) is 5.56 Å². The lowest BCUT2D eigenvalue weighted by Crippen LogP contribution is -2.33. The van der Waals surface area contributed by atoms with Crippen LogP contribution in [0.3, 0.4) is 0 Å². The number of sulfone groups is 1. The number of rotatable bonds is 6. The van der Waals surface area contributed by atoms with E-state index < -0.39 is 9.84 Å². The molecule has 0 radical (unpaired) electrons. The molecule has 0 bridgehead atoms. The van der Waals surface area contributed by atoms with Crippen LogP contribution in [0.5, 0.6) is 0 Å². The zero-order chi connectivity index (χ0) is 16.9. The van der Waals surface area contributed by atoms with Crippen LogP contribution in [0.4, 0.5) is 10.5 Å². The fraction of sp³-hybridized carbons (Fsp3) is 0.588. The number of carbonyl (C=O) groups is 1. The van der Waals surface area contributed by atoms with Crippen molar-refractivity contribution in [2.24, 2.45) is 5.92 Å². The zero-order valence-electron chi connectivity index (χ0n) is 13.8. The molecule has 6 heteroatoms. The van der Waals surface area contributed by atoms with E-state index in [0.29, 0.717) is 18.9 Å². The topological polar surface area (TPSA) is 75.3 Å². The number of amides is 2. The van der Waals surface area contributed by atoms with Gasteiger partial charge >= 0.3 is 6.03 Å². The minimum absolute atomic E-state index is 0.0293. The maximum absolute atomic E-state index is 12.0. The van der Waals surface area contributed by atoms with Gasteiger partial charge in [-0.05, 0) is 42.4 Å². The predicted octanol–water partition coefficient (Wildman–Crippen LogP) is 3.15. The second kappa shape index (κ2) is 7.81. The van der Waals surface area contributed by atoms with E-state index in [1.54, 1.807) is 0 Å². The van der Waals surface area contributed by atoms with E-state index >= 15 is 0 Å². The van der Waals surface area contributed by atoms with Crippen LogP contribution in [0.25, 0.3) is 0 Å². The van der Waals surface area contributed by atoms with Crippen molar-refractivity contribution in [3.8, 4) is 0 Å². The molecule has 2 atom stereocenters. The predicted molar refractivity (Wildman–Crippen MR) is 93.5 cm³/mol. The summed E-state index contributed by atoms with van der Waals surface area (Å²) in [7, 11) is -2.89. The quantitative estimate of drug-likeness (QED) is 0.836. The number of anilines is 1. The standard InChI is InChI=1S/C17H26N2O3S/c1-3-5-13(2)15-6-4-7-16(10-15)19-17(20)18-11-14-8-9-23(21,22)12-14/h4,6-7,10,13-14H,3,5,8-9,11-12H2,1-2H3,(H2,18,19,20). The molecule has 1 fully saturated rings. The van der Waals surface area contributed by atoms with E-state index in [1.807, 2.05) is 18.2 Å². The summed E-state index contributed by atoms with van der Waals surface area (Å²) in [6, 6.07) is 7.60. The third-order valence-electron chi connectivity index (χ3n) is 4.31. The van der Waals surface area contributed by atoms with Crippen molar-refractivity contribution in [3.05, 3.63) is 29.8 Å². The van der Waals surface area contributed by atoms with Crippen LogP contribution in [-0.2, 0) is 9.84 Å². The lowest BCUT2D eigenvalue weighted by molar-refractivity contribution is 0.250. The molecule has 1 aliphatic rings. The molecule has 0 aliphatic carbocycles. The molecule has 2 unspecified atom stereocenters. The normalized spacial score (nSPS) is 20.9. The number of nitrogens with one attached hydrogen (secondary N) is 2. The maximum atomic E-state index is 12.0. The highest BCUT2D eigenvalue weighted by molar-refractivity contribution is 7.91. The van der Waals surface area contributed by atoms with Crippen molar-refractivity contribution in [3.63, 3.8) is 0 Å².